The number of aryl methyl sites for hydroxylation is 1. The lowest BCUT2D eigenvalue weighted by atomic mass is 10.2. The summed E-state index contributed by atoms with van der Waals surface area (Å²) in [6.45, 7) is 4.26. The quantitative estimate of drug-likeness (QED) is 0.528. The van der Waals surface area contributed by atoms with Crippen LogP contribution in [-0.2, 0) is 6.54 Å². The number of hydrogen-bond donors (Lipinski definition) is 2. The third-order valence-electron chi connectivity index (χ3n) is 4.04. The SMILES string of the molecule is Cc1nn(Cc2ccc(Cl)c(Cl)c2)c(C)c1NC(=O)Nc1ccc(Cl)cc1. The monoisotopic (exact) mass is 422 g/mol. The van der Waals surface area contributed by atoms with Gasteiger partial charge in [-0.05, 0) is 55.8 Å². The van der Waals surface area contributed by atoms with E-state index in [2.05, 4.69) is 15.7 Å². The molecular weight excluding hydrogens is 407 g/mol. The van der Waals surface area contributed by atoms with E-state index in [-0.39, 0.29) is 6.03 Å². The summed E-state index contributed by atoms with van der Waals surface area (Å²) >= 11 is 17.9. The normalized spacial score (nSPS) is 10.7. The summed E-state index contributed by atoms with van der Waals surface area (Å²) in [5.74, 6) is 0. The fourth-order valence-electron chi connectivity index (χ4n) is 2.65. The van der Waals surface area contributed by atoms with Crippen molar-refractivity contribution in [1.82, 2.24) is 9.78 Å². The lowest BCUT2D eigenvalue weighted by molar-refractivity contribution is 0.262. The van der Waals surface area contributed by atoms with Crippen LogP contribution < -0.4 is 10.6 Å². The van der Waals surface area contributed by atoms with E-state index in [4.69, 9.17) is 34.8 Å². The zero-order valence-corrected chi connectivity index (χ0v) is 17.0. The summed E-state index contributed by atoms with van der Waals surface area (Å²) in [7, 11) is 0. The molecule has 0 saturated heterocycles. The standard InChI is InChI=1S/C19H17Cl3N4O/c1-11-18(24-19(27)23-15-6-4-14(20)5-7-15)12(2)26(25-11)10-13-3-8-16(21)17(22)9-13/h3-9H,10H2,1-2H3,(H2,23,24,27). The Bertz CT molecular complexity index is 983. The van der Waals surface area contributed by atoms with Crippen LogP contribution in [0.4, 0.5) is 16.2 Å². The maximum Gasteiger partial charge on any atom is 0.323 e. The maximum absolute atomic E-state index is 12.3. The molecule has 3 rings (SSSR count). The molecular formula is C19H17Cl3N4O. The van der Waals surface area contributed by atoms with Crippen LogP contribution in [-0.4, -0.2) is 15.8 Å². The smallest absolute Gasteiger partial charge is 0.308 e. The Hall–Kier alpha value is -2.21. The predicted molar refractivity (Wildman–Crippen MR) is 111 cm³/mol. The number of halogens is 3. The number of rotatable bonds is 4. The zero-order chi connectivity index (χ0) is 19.6. The summed E-state index contributed by atoms with van der Waals surface area (Å²) in [5, 5.41) is 11.7. The number of anilines is 2. The lowest BCUT2D eigenvalue weighted by Crippen LogP contribution is -2.20. The Kier molecular flexibility index (Phi) is 5.95. The average molecular weight is 424 g/mol. The van der Waals surface area contributed by atoms with Gasteiger partial charge in [0, 0.05) is 10.7 Å². The fraction of sp³-hybridized carbons (Fsp3) is 0.158. The molecule has 0 aliphatic carbocycles. The van der Waals surface area contributed by atoms with Crippen molar-refractivity contribution >= 4 is 52.2 Å². The summed E-state index contributed by atoms with van der Waals surface area (Å²) in [5.41, 5.74) is 3.84. The van der Waals surface area contributed by atoms with Gasteiger partial charge < -0.3 is 10.6 Å². The Morgan fingerprint density at radius 2 is 1.70 bits per heavy atom. The molecule has 5 nitrogen and oxygen atoms in total. The minimum absolute atomic E-state index is 0.349. The number of nitrogens with one attached hydrogen (secondary N) is 2. The topological polar surface area (TPSA) is 59.0 Å². The van der Waals surface area contributed by atoms with Crippen LogP contribution in [0.5, 0.6) is 0 Å². The summed E-state index contributed by atoms with van der Waals surface area (Å²) in [4.78, 5) is 12.3. The van der Waals surface area contributed by atoms with E-state index in [0.717, 1.165) is 17.0 Å². The first-order chi connectivity index (χ1) is 12.8. The third-order valence-corrected chi connectivity index (χ3v) is 5.03. The molecule has 0 fully saturated rings. The van der Waals surface area contributed by atoms with Crippen LogP contribution >= 0.6 is 34.8 Å². The molecule has 0 unspecified atom stereocenters. The molecule has 2 N–H and O–H groups in total. The summed E-state index contributed by atoms with van der Waals surface area (Å²) < 4.78 is 1.81. The Morgan fingerprint density at radius 3 is 2.37 bits per heavy atom. The van der Waals surface area contributed by atoms with Crippen molar-refractivity contribution in [1.29, 1.82) is 0 Å². The molecule has 0 radical (unpaired) electrons. The van der Waals surface area contributed by atoms with Gasteiger partial charge in [0.2, 0.25) is 0 Å². The highest BCUT2D eigenvalue weighted by Crippen LogP contribution is 2.25. The molecule has 3 aromatic rings. The van der Waals surface area contributed by atoms with Gasteiger partial charge in [0.25, 0.3) is 0 Å². The number of benzene rings is 2. The molecule has 0 aliphatic rings. The molecule has 0 bridgehead atoms. The number of aromatic nitrogens is 2. The molecule has 2 amide bonds. The first-order valence-electron chi connectivity index (χ1n) is 8.15. The van der Waals surface area contributed by atoms with Crippen LogP contribution in [0, 0.1) is 13.8 Å². The Balaban J connectivity index is 1.73. The molecule has 0 atom stereocenters. The number of amides is 2. The van der Waals surface area contributed by atoms with E-state index in [1.807, 2.05) is 24.6 Å². The van der Waals surface area contributed by atoms with Crippen molar-refractivity contribution < 1.29 is 4.79 Å². The third kappa shape index (κ3) is 4.75. The fourth-order valence-corrected chi connectivity index (χ4v) is 3.10. The van der Waals surface area contributed by atoms with Crippen molar-refractivity contribution in [2.75, 3.05) is 10.6 Å². The minimum atomic E-state index is -0.349. The van der Waals surface area contributed by atoms with E-state index in [1.54, 1.807) is 36.4 Å². The largest absolute Gasteiger partial charge is 0.323 e. The molecule has 0 aliphatic heterocycles. The van der Waals surface area contributed by atoms with Gasteiger partial charge in [-0.15, -0.1) is 0 Å². The average Bonchev–Trinajstić information content (AvgIpc) is 2.87. The van der Waals surface area contributed by atoms with Gasteiger partial charge in [0.1, 0.15) is 0 Å². The van der Waals surface area contributed by atoms with E-state index < -0.39 is 0 Å². The highest BCUT2D eigenvalue weighted by atomic mass is 35.5. The Morgan fingerprint density at radius 1 is 1.00 bits per heavy atom. The second kappa shape index (κ2) is 8.21. The van der Waals surface area contributed by atoms with Crippen LogP contribution in [0.1, 0.15) is 17.0 Å². The molecule has 27 heavy (non-hydrogen) atoms. The number of nitrogens with zero attached hydrogens (tertiary/aromatic N) is 2. The van der Waals surface area contributed by atoms with E-state index in [0.29, 0.717) is 33.0 Å². The van der Waals surface area contributed by atoms with Crippen molar-refractivity contribution in [3.8, 4) is 0 Å². The first-order valence-corrected chi connectivity index (χ1v) is 9.28. The van der Waals surface area contributed by atoms with Crippen molar-refractivity contribution in [2.45, 2.75) is 20.4 Å². The molecule has 1 aromatic heterocycles. The van der Waals surface area contributed by atoms with E-state index in [1.165, 1.54) is 0 Å². The van der Waals surface area contributed by atoms with Crippen LogP contribution in [0.3, 0.4) is 0 Å². The highest BCUT2D eigenvalue weighted by molar-refractivity contribution is 6.42. The van der Waals surface area contributed by atoms with Crippen LogP contribution in [0.25, 0.3) is 0 Å². The van der Waals surface area contributed by atoms with Gasteiger partial charge in [0.15, 0.2) is 0 Å². The van der Waals surface area contributed by atoms with Crippen molar-refractivity contribution in [3.63, 3.8) is 0 Å². The van der Waals surface area contributed by atoms with Crippen molar-refractivity contribution in [2.24, 2.45) is 0 Å². The number of carbonyl (C=O) groups is 1. The second-order valence-corrected chi connectivity index (χ2v) is 7.29. The summed E-state index contributed by atoms with van der Waals surface area (Å²) in [6.07, 6.45) is 0. The lowest BCUT2D eigenvalue weighted by Gasteiger charge is -2.09. The van der Waals surface area contributed by atoms with Gasteiger partial charge >= 0.3 is 6.03 Å². The molecule has 0 saturated carbocycles. The number of hydrogen-bond acceptors (Lipinski definition) is 2. The minimum Gasteiger partial charge on any atom is -0.308 e. The van der Waals surface area contributed by atoms with E-state index in [9.17, 15) is 4.79 Å². The first kappa shape index (κ1) is 19.5. The molecule has 0 spiro atoms. The molecule has 140 valence electrons. The Labute approximate surface area is 172 Å². The van der Waals surface area contributed by atoms with Crippen LogP contribution in [0.15, 0.2) is 42.5 Å². The molecule has 8 heteroatoms. The molecule has 2 aromatic carbocycles. The van der Waals surface area contributed by atoms with Gasteiger partial charge in [-0.2, -0.15) is 5.10 Å². The predicted octanol–water partition coefficient (Wildman–Crippen LogP) is 6.15. The van der Waals surface area contributed by atoms with Crippen molar-refractivity contribution in [3.05, 3.63) is 74.5 Å². The number of carbonyl (C=O) groups excluding carboxylic acids is 1. The zero-order valence-electron chi connectivity index (χ0n) is 14.7. The van der Waals surface area contributed by atoms with Crippen LogP contribution in [0.2, 0.25) is 15.1 Å². The van der Waals surface area contributed by atoms with E-state index >= 15 is 0 Å². The number of urea groups is 1. The van der Waals surface area contributed by atoms with Gasteiger partial charge in [-0.1, -0.05) is 40.9 Å². The highest BCUT2D eigenvalue weighted by Gasteiger charge is 2.15. The van der Waals surface area contributed by atoms with Gasteiger partial charge in [0.05, 0.1) is 33.7 Å². The van der Waals surface area contributed by atoms with Gasteiger partial charge in [-0.25, -0.2) is 4.79 Å². The maximum atomic E-state index is 12.3. The summed E-state index contributed by atoms with van der Waals surface area (Å²) in [6, 6.07) is 12.0. The molecule has 1 heterocycles. The second-order valence-electron chi connectivity index (χ2n) is 6.04. The van der Waals surface area contributed by atoms with Gasteiger partial charge in [-0.3, -0.25) is 4.68 Å².